The molecule has 6 nitrogen and oxygen atoms in total. The van der Waals surface area contributed by atoms with Gasteiger partial charge < -0.3 is 19.1 Å². The quantitative estimate of drug-likeness (QED) is 0.594. The van der Waals surface area contributed by atoms with Crippen molar-refractivity contribution >= 4 is 17.5 Å². The zero-order valence-corrected chi connectivity index (χ0v) is 18.0. The van der Waals surface area contributed by atoms with Crippen LogP contribution in [0.25, 0.3) is 0 Å². The maximum Gasteiger partial charge on any atom is 0.294 e. The third kappa shape index (κ3) is 5.23. The minimum atomic E-state index is -0.327. The first-order chi connectivity index (χ1) is 15.5. The largest absolute Gasteiger partial charge is 0.459 e. The van der Waals surface area contributed by atoms with Gasteiger partial charge in [-0.1, -0.05) is 24.3 Å². The van der Waals surface area contributed by atoms with Crippen LogP contribution in [-0.4, -0.2) is 54.8 Å². The van der Waals surface area contributed by atoms with E-state index in [1.54, 1.807) is 29.2 Å². The van der Waals surface area contributed by atoms with Crippen LogP contribution in [0.1, 0.15) is 21.7 Å². The van der Waals surface area contributed by atoms with E-state index in [-0.39, 0.29) is 29.9 Å². The molecular formula is C25H26FN3O3. The standard InChI is InChI=1S/C25H26FN3O3/c1-27-12-14-28(15-13-27)24(30)17-19-6-10-22(11-7-19)29(25(31)23-3-2-16-32-23)18-20-4-8-21(26)9-5-20/h2-11,16H,12-15,17-18H2,1H3. The van der Waals surface area contributed by atoms with Crippen molar-refractivity contribution in [2.75, 3.05) is 38.1 Å². The summed E-state index contributed by atoms with van der Waals surface area (Å²) in [5.41, 5.74) is 2.36. The zero-order valence-electron chi connectivity index (χ0n) is 18.0. The van der Waals surface area contributed by atoms with Crippen molar-refractivity contribution in [1.29, 1.82) is 0 Å². The molecule has 0 atom stereocenters. The lowest BCUT2D eigenvalue weighted by Crippen LogP contribution is -2.47. The molecule has 2 heterocycles. The molecule has 0 radical (unpaired) electrons. The molecule has 0 unspecified atom stereocenters. The number of halogens is 1. The van der Waals surface area contributed by atoms with Crippen molar-refractivity contribution in [2.45, 2.75) is 13.0 Å². The van der Waals surface area contributed by atoms with Gasteiger partial charge in [0.15, 0.2) is 5.76 Å². The Bertz CT molecular complexity index is 1040. The van der Waals surface area contributed by atoms with Gasteiger partial charge in [-0.2, -0.15) is 0 Å². The van der Waals surface area contributed by atoms with E-state index in [1.807, 2.05) is 29.2 Å². The second-order valence-corrected chi connectivity index (χ2v) is 8.02. The van der Waals surface area contributed by atoms with Crippen LogP contribution >= 0.6 is 0 Å². The van der Waals surface area contributed by atoms with Crippen molar-refractivity contribution in [2.24, 2.45) is 0 Å². The smallest absolute Gasteiger partial charge is 0.294 e. The Hall–Kier alpha value is -3.45. The molecule has 1 fully saturated rings. The lowest BCUT2D eigenvalue weighted by molar-refractivity contribution is -0.132. The van der Waals surface area contributed by atoms with Crippen LogP contribution in [0.3, 0.4) is 0 Å². The number of rotatable bonds is 6. The first-order valence-corrected chi connectivity index (χ1v) is 10.6. The van der Waals surface area contributed by atoms with Crippen LogP contribution < -0.4 is 4.90 Å². The number of carbonyl (C=O) groups is 2. The van der Waals surface area contributed by atoms with Gasteiger partial charge in [0.1, 0.15) is 5.82 Å². The van der Waals surface area contributed by atoms with Crippen molar-refractivity contribution in [1.82, 2.24) is 9.80 Å². The second kappa shape index (κ2) is 9.78. The van der Waals surface area contributed by atoms with Crippen molar-refractivity contribution < 1.29 is 18.4 Å². The molecule has 166 valence electrons. The van der Waals surface area contributed by atoms with Crippen molar-refractivity contribution in [3.63, 3.8) is 0 Å². The molecule has 1 aromatic heterocycles. The van der Waals surface area contributed by atoms with Crippen LogP contribution in [0.5, 0.6) is 0 Å². The molecule has 0 spiro atoms. The minimum absolute atomic E-state index is 0.112. The van der Waals surface area contributed by atoms with Crippen LogP contribution in [0.4, 0.5) is 10.1 Å². The van der Waals surface area contributed by atoms with E-state index in [0.717, 1.165) is 37.3 Å². The summed E-state index contributed by atoms with van der Waals surface area (Å²) in [7, 11) is 2.06. The zero-order chi connectivity index (χ0) is 22.5. The topological polar surface area (TPSA) is 57.0 Å². The summed E-state index contributed by atoms with van der Waals surface area (Å²) in [5, 5.41) is 0. The average molecular weight is 435 g/mol. The molecule has 0 N–H and O–H groups in total. The fourth-order valence-electron chi connectivity index (χ4n) is 3.72. The summed E-state index contributed by atoms with van der Waals surface area (Å²) in [6.45, 7) is 3.53. The highest BCUT2D eigenvalue weighted by Crippen LogP contribution is 2.22. The van der Waals surface area contributed by atoms with Gasteiger partial charge in [-0.25, -0.2) is 4.39 Å². The highest BCUT2D eigenvalue weighted by molar-refractivity contribution is 6.04. The van der Waals surface area contributed by atoms with Gasteiger partial charge >= 0.3 is 0 Å². The van der Waals surface area contributed by atoms with Crippen LogP contribution in [0, 0.1) is 5.82 Å². The summed E-state index contributed by atoms with van der Waals surface area (Å²) in [6.07, 6.45) is 1.78. The first kappa shape index (κ1) is 21.8. The summed E-state index contributed by atoms with van der Waals surface area (Å²) in [4.78, 5) is 31.4. The van der Waals surface area contributed by atoms with E-state index in [4.69, 9.17) is 4.42 Å². The predicted molar refractivity (Wildman–Crippen MR) is 120 cm³/mol. The molecule has 1 aliphatic heterocycles. The molecule has 4 rings (SSSR count). The molecule has 2 amide bonds. The first-order valence-electron chi connectivity index (χ1n) is 10.6. The lowest BCUT2D eigenvalue weighted by Gasteiger charge is -2.32. The van der Waals surface area contributed by atoms with E-state index in [1.165, 1.54) is 18.4 Å². The minimum Gasteiger partial charge on any atom is -0.459 e. The Labute approximate surface area is 186 Å². The van der Waals surface area contributed by atoms with Gasteiger partial charge in [-0.05, 0) is 54.6 Å². The van der Waals surface area contributed by atoms with Gasteiger partial charge in [0.25, 0.3) is 5.91 Å². The molecule has 0 saturated carbocycles. The Morgan fingerprint density at radius 3 is 2.22 bits per heavy atom. The van der Waals surface area contributed by atoms with E-state index >= 15 is 0 Å². The summed E-state index contributed by atoms with van der Waals surface area (Å²) in [6, 6.07) is 16.7. The number of piperazine rings is 1. The van der Waals surface area contributed by atoms with Gasteiger partial charge in [0.05, 0.1) is 19.2 Å². The Balaban J connectivity index is 1.50. The van der Waals surface area contributed by atoms with E-state index in [0.29, 0.717) is 12.1 Å². The number of furan rings is 1. The van der Waals surface area contributed by atoms with E-state index < -0.39 is 0 Å². The third-order valence-corrected chi connectivity index (χ3v) is 5.69. The number of benzene rings is 2. The van der Waals surface area contributed by atoms with E-state index in [2.05, 4.69) is 11.9 Å². The second-order valence-electron chi connectivity index (χ2n) is 8.02. The Morgan fingerprint density at radius 1 is 0.938 bits per heavy atom. The molecule has 7 heteroatoms. The van der Waals surface area contributed by atoms with Gasteiger partial charge in [0.2, 0.25) is 5.91 Å². The summed E-state index contributed by atoms with van der Waals surface area (Å²) >= 11 is 0. The van der Waals surface area contributed by atoms with Crippen molar-refractivity contribution in [3.05, 3.63) is 89.6 Å². The maximum atomic E-state index is 13.3. The predicted octanol–water partition coefficient (Wildman–Crippen LogP) is 3.58. The van der Waals surface area contributed by atoms with Gasteiger partial charge in [0, 0.05) is 31.9 Å². The molecule has 0 aliphatic carbocycles. The highest BCUT2D eigenvalue weighted by Gasteiger charge is 2.22. The molecular weight excluding hydrogens is 409 g/mol. The third-order valence-electron chi connectivity index (χ3n) is 5.69. The average Bonchev–Trinajstić information content (AvgIpc) is 3.34. The van der Waals surface area contributed by atoms with Gasteiger partial charge in [-0.3, -0.25) is 9.59 Å². The van der Waals surface area contributed by atoms with E-state index in [9.17, 15) is 14.0 Å². The number of nitrogens with zero attached hydrogens (tertiary/aromatic N) is 3. The number of likely N-dealkylation sites (N-methyl/N-ethyl adjacent to an activating group) is 1. The Kier molecular flexibility index (Phi) is 6.66. The molecule has 32 heavy (non-hydrogen) atoms. The van der Waals surface area contributed by atoms with Gasteiger partial charge in [-0.15, -0.1) is 0 Å². The van der Waals surface area contributed by atoms with Crippen LogP contribution in [0.15, 0.2) is 71.3 Å². The summed E-state index contributed by atoms with van der Waals surface area (Å²) < 4.78 is 18.6. The van der Waals surface area contributed by atoms with Crippen LogP contribution in [-0.2, 0) is 17.8 Å². The Morgan fingerprint density at radius 2 is 1.59 bits per heavy atom. The van der Waals surface area contributed by atoms with Crippen LogP contribution in [0.2, 0.25) is 0 Å². The molecule has 3 aromatic rings. The molecule has 0 bridgehead atoms. The monoisotopic (exact) mass is 435 g/mol. The SMILES string of the molecule is CN1CCN(C(=O)Cc2ccc(N(Cc3ccc(F)cc3)C(=O)c3ccco3)cc2)CC1. The molecule has 1 aliphatic rings. The fourth-order valence-corrected chi connectivity index (χ4v) is 3.72. The van der Waals surface area contributed by atoms with Crippen molar-refractivity contribution in [3.8, 4) is 0 Å². The number of hydrogen-bond donors (Lipinski definition) is 0. The lowest BCUT2D eigenvalue weighted by atomic mass is 10.1. The highest BCUT2D eigenvalue weighted by atomic mass is 19.1. The fraction of sp³-hybridized carbons (Fsp3) is 0.280. The number of hydrogen-bond acceptors (Lipinski definition) is 4. The normalized spacial score (nSPS) is 14.4. The number of anilines is 1. The molecule has 2 aromatic carbocycles. The maximum absolute atomic E-state index is 13.3. The number of amides is 2. The summed E-state index contributed by atoms with van der Waals surface area (Å²) in [5.74, 6) is -0.283. The number of carbonyl (C=O) groups excluding carboxylic acids is 2. The molecule has 1 saturated heterocycles.